The summed E-state index contributed by atoms with van der Waals surface area (Å²) in [5.41, 5.74) is 1.25. The second-order valence-electron chi connectivity index (χ2n) is 7.04. The normalized spacial score (nSPS) is 20.1. The van der Waals surface area contributed by atoms with Crippen molar-refractivity contribution >= 4 is 35.1 Å². The van der Waals surface area contributed by atoms with Crippen molar-refractivity contribution in [2.24, 2.45) is 0 Å². The Morgan fingerprint density at radius 2 is 1.53 bits per heavy atom. The zero-order valence-electron chi connectivity index (χ0n) is 16.3. The summed E-state index contributed by atoms with van der Waals surface area (Å²) >= 11 is 11.9. The van der Waals surface area contributed by atoms with Crippen LogP contribution in [0.15, 0.2) is 18.2 Å². The van der Waals surface area contributed by atoms with Gasteiger partial charge in [-0.05, 0) is 24.1 Å². The third-order valence-corrected chi connectivity index (χ3v) is 4.98. The summed E-state index contributed by atoms with van der Waals surface area (Å²) in [6.07, 6.45) is -11.4. The molecule has 3 N–H and O–H groups in total. The number of aliphatic carboxylic acids is 2. The number of benzene rings is 1. The molecule has 182 valence electrons. The maximum atomic E-state index is 10.9. The van der Waals surface area contributed by atoms with Crippen LogP contribution >= 0.6 is 23.2 Å². The Morgan fingerprint density at radius 1 is 1.00 bits per heavy atom. The monoisotopic (exact) mass is 512 g/mol. The number of alkyl halides is 6. The fraction of sp³-hybridized carbons (Fsp3) is 0.556. The Balaban J connectivity index is 0.000000273. The highest BCUT2D eigenvalue weighted by atomic mass is 35.5. The molecule has 0 saturated carbocycles. The van der Waals surface area contributed by atoms with Crippen LogP contribution in [0, 0.1) is 0 Å². The highest BCUT2D eigenvalue weighted by molar-refractivity contribution is 6.42. The number of halogens is 8. The van der Waals surface area contributed by atoms with Crippen molar-refractivity contribution in [1.82, 2.24) is 10.2 Å². The summed E-state index contributed by atoms with van der Waals surface area (Å²) in [4.78, 5) is 21.1. The zero-order chi connectivity index (χ0) is 24.7. The summed E-state index contributed by atoms with van der Waals surface area (Å²) in [6.45, 7) is 3.27. The van der Waals surface area contributed by atoms with Gasteiger partial charge < -0.3 is 15.5 Å². The Bertz CT molecular complexity index is 766. The first-order valence-corrected chi connectivity index (χ1v) is 9.79. The van der Waals surface area contributed by atoms with Crippen LogP contribution in [0.3, 0.4) is 0 Å². The Kier molecular flexibility index (Phi) is 10.5. The zero-order valence-corrected chi connectivity index (χ0v) is 17.8. The third kappa shape index (κ3) is 11.7. The molecule has 0 aromatic heterocycles. The summed E-state index contributed by atoms with van der Waals surface area (Å²) in [7, 11) is 0. The number of piperazine rings is 1. The molecule has 0 aliphatic carbocycles. The average molecular weight is 513 g/mol. The molecule has 2 heterocycles. The molecular weight excluding hydrogens is 493 g/mol. The second-order valence-corrected chi connectivity index (χ2v) is 7.86. The van der Waals surface area contributed by atoms with Crippen LogP contribution in [0.1, 0.15) is 24.8 Å². The van der Waals surface area contributed by atoms with Crippen molar-refractivity contribution in [3.63, 3.8) is 0 Å². The molecule has 3 rings (SSSR count). The first-order valence-electron chi connectivity index (χ1n) is 9.04. The van der Waals surface area contributed by atoms with Gasteiger partial charge in [-0.15, -0.1) is 0 Å². The van der Waals surface area contributed by atoms with Crippen LogP contribution in [0.25, 0.3) is 0 Å². The predicted octanol–water partition coefficient (Wildman–Crippen LogP) is 4.59. The molecule has 2 aliphatic heterocycles. The van der Waals surface area contributed by atoms with Crippen LogP contribution in [0.4, 0.5) is 26.3 Å². The maximum absolute atomic E-state index is 10.9. The fourth-order valence-electron chi connectivity index (χ4n) is 3.06. The van der Waals surface area contributed by atoms with E-state index in [9.17, 15) is 35.9 Å². The van der Waals surface area contributed by atoms with Crippen LogP contribution in [-0.4, -0.2) is 64.6 Å². The van der Waals surface area contributed by atoms with Crippen molar-refractivity contribution in [2.45, 2.75) is 50.2 Å². The summed E-state index contributed by atoms with van der Waals surface area (Å²) in [5, 5.41) is 19.9. The molecule has 2 bridgehead atoms. The van der Waals surface area contributed by atoms with Crippen molar-refractivity contribution in [3.8, 4) is 0 Å². The van der Waals surface area contributed by atoms with E-state index in [4.69, 9.17) is 33.4 Å². The van der Waals surface area contributed by atoms with E-state index in [1.165, 1.54) is 12.0 Å². The number of likely N-dealkylation sites (tertiary alicyclic amines) is 1. The Morgan fingerprint density at radius 3 is 1.84 bits per heavy atom. The van der Waals surface area contributed by atoms with Crippen molar-refractivity contribution < 1.29 is 46.1 Å². The van der Waals surface area contributed by atoms with Crippen LogP contribution in [0.2, 0.25) is 10.0 Å². The lowest BCUT2D eigenvalue weighted by atomic mass is 10.2. The second kappa shape index (κ2) is 11.9. The van der Waals surface area contributed by atoms with Gasteiger partial charge in [0.1, 0.15) is 12.8 Å². The van der Waals surface area contributed by atoms with E-state index in [1.807, 2.05) is 12.1 Å². The van der Waals surface area contributed by atoms with Gasteiger partial charge in [-0.1, -0.05) is 29.3 Å². The summed E-state index contributed by atoms with van der Waals surface area (Å²) in [5.74, 6) is -3.70. The third-order valence-electron chi connectivity index (χ3n) is 4.24. The molecule has 1 aromatic carbocycles. The smallest absolute Gasteiger partial charge is 0.399 e. The number of hydrogen-bond donors (Lipinski definition) is 3. The van der Waals surface area contributed by atoms with Gasteiger partial charge in [0.2, 0.25) is 0 Å². The maximum Gasteiger partial charge on any atom is 0.399 e. The minimum atomic E-state index is -4.58. The van der Waals surface area contributed by atoms with Gasteiger partial charge in [-0.3, -0.25) is 14.5 Å². The quantitative estimate of drug-likeness (QED) is 0.511. The first-order chi connectivity index (χ1) is 14.6. The Labute approximate surface area is 189 Å². The molecule has 1 aromatic rings. The van der Waals surface area contributed by atoms with Gasteiger partial charge in [0.05, 0.1) is 10.0 Å². The molecule has 0 unspecified atom stereocenters. The predicted molar refractivity (Wildman–Crippen MR) is 104 cm³/mol. The Hall–Kier alpha value is -1.76. The van der Waals surface area contributed by atoms with Crippen LogP contribution in [-0.2, 0) is 16.1 Å². The first kappa shape index (κ1) is 28.3. The average Bonchev–Trinajstić information content (AvgIpc) is 3.17. The standard InChI is InChI=1S/C12H14Cl2N2.2C3H3F3O2/c13-11-2-1-8(3-12(11)14)6-16-7-9-4-10(16)5-15-9;2*4-3(5,6)1-2(7)8/h1-3,9-10,15H,4-7H2;2*1H2,(H,7,8)/t9-,10-;;/m0../s1. The summed E-state index contributed by atoms with van der Waals surface area (Å²) < 4.78 is 65.6. The molecule has 0 amide bonds. The number of rotatable bonds is 4. The lowest BCUT2D eigenvalue weighted by Gasteiger charge is -2.27. The van der Waals surface area contributed by atoms with E-state index in [0.717, 1.165) is 19.6 Å². The molecule has 2 fully saturated rings. The number of carboxylic acids is 2. The van der Waals surface area contributed by atoms with E-state index in [0.29, 0.717) is 22.1 Å². The number of carboxylic acid groups (broad SMARTS) is 2. The molecule has 2 saturated heterocycles. The molecule has 0 spiro atoms. The minimum Gasteiger partial charge on any atom is -0.481 e. The highest BCUT2D eigenvalue weighted by Gasteiger charge is 2.37. The van der Waals surface area contributed by atoms with Gasteiger partial charge >= 0.3 is 24.3 Å². The van der Waals surface area contributed by atoms with Crippen molar-refractivity contribution in [3.05, 3.63) is 33.8 Å². The summed E-state index contributed by atoms with van der Waals surface area (Å²) in [6, 6.07) is 7.33. The SMILES string of the molecule is Clc1ccc(CN2C[C@@H]3C[C@H]2CN3)cc1Cl.O=C(O)CC(F)(F)F.O=C(O)CC(F)(F)F. The fourth-order valence-corrected chi connectivity index (χ4v) is 3.38. The lowest BCUT2D eigenvalue weighted by Crippen LogP contribution is -2.42. The number of hydrogen-bond acceptors (Lipinski definition) is 4. The molecule has 2 atom stereocenters. The molecule has 6 nitrogen and oxygen atoms in total. The number of nitrogens with zero attached hydrogens (tertiary/aromatic N) is 1. The van der Waals surface area contributed by atoms with Gasteiger partial charge in [0, 0.05) is 31.7 Å². The molecular formula is C18H20Cl2F6N2O4. The van der Waals surface area contributed by atoms with Crippen molar-refractivity contribution in [2.75, 3.05) is 13.1 Å². The number of fused-ring (bicyclic) bond motifs is 2. The largest absolute Gasteiger partial charge is 0.481 e. The van der Waals surface area contributed by atoms with Crippen LogP contribution < -0.4 is 5.32 Å². The van der Waals surface area contributed by atoms with E-state index in [2.05, 4.69) is 16.3 Å². The molecule has 14 heteroatoms. The molecule has 2 aliphatic rings. The topological polar surface area (TPSA) is 89.9 Å². The lowest BCUT2D eigenvalue weighted by molar-refractivity contribution is -0.168. The number of nitrogens with one attached hydrogen (secondary N) is 1. The van der Waals surface area contributed by atoms with E-state index in [-0.39, 0.29) is 0 Å². The van der Waals surface area contributed by atoms with E-state index >= 15 is 0 Å². The number of carbonyl (C=O) groups is 2. The van der Waals surface area contributed by atoms with Crippen LogP contribution in [0.5, 0.6) is 0 Å². The van der Waals surface area contributed by atoms with Crippen molar-refractivity contribution in [1.29, 1.82) is 0 Å². The highest BCUT2D eigenvalue weighted by Crippen LogP contribution is 2.27. The van der Waals surface area contributed by atoms with E-state index < -0.39 is 37.1 Å². The van der Waals surface area contributed by atoms with Gasteiger partial charge in [-0.25, -0.2) is 0 Å². The molecule has 0 radical (unpaired) electrons. The van der Waals surface area contributed by atoms with Gasteiger partial charge in [0.25, 0.3) is 0 Å². The van der Waals surface area contributed by atoms with Gasteiger partial charge in [-0.2, -0.15) is 26.3 Å². The van der Waals surface area contributed by atoms with E-state index in [1.54, 1.807) is 0 Å². The van der Waals surface area contributed by atoms with Gasteiger partial charge in [0.15, 0.2) is 0 Å². The molecule has 32 heavy (non-hydrogen) atoms. The minimum absolute atomic E-state index is 0.634.